The third kappa shape index (κ3) is 4.79. The fourth-order valence-corrected chi connectivity index (χ4v) is 1.62. The Morgan fingerprint density at radius 2 is 2.25 bits per heavy atom. The molecule has 94 valence electrons. The van der Waals surface area contributed by atoms with Gasteiger partial charge in [-0.1, -0.05) is 0 Å². The molecule has 5 heteroatoms. The maximum absolute atomic E-state index is 13.4. The van der Waals surface area contributed by atoms with Crippen molar-refractivity contribution in [3.63, 3.8) is 0 Å². The molecule has 1 saturated heterocycles. The largest absolute Gasteiger partial charge is 0.444 e. The summed E-state index contributed by atoms with van der Waals surface area (Å²) < 4.78 is 18.5. The van der Waals surface area contributed by atoms with E-state index in [2.05, 4.69) is 10.6 Å². The Morgan fingerprint density at radius 3 is 2.81 bits per heavy atom. The highest BCUT2D eigenvalue weighted by molar-refractivity contribution is 5.67. The number of carbonyl (C=O) groups is 1. The van der Waals surface area contributed by atoms with Crippen LogP contribution in [0.5, 0.6) is 0 Å². The first kappa shape index (κ1) is 13.2. The van der Waals surface area contributed by atoms with Gasteiger partial charge in [-0.2, -0.15) is 0 Å². The molecule has 1 amide bonds. The Bertz CT molecular complexity index is 241. The van der Waals surface area contributed by atoms with Gasteiger partial charge in [-0.25, -0.2) is 9.18 Å². The van der Waals surface area contributed by atoms with Crippen molar-refractivity contribution < 1.29 is 13.9 Å². The first-order chi connectivity index (χ1) is 7.38. The number of hydrogen-bond acceptors (Lipinski definition) is 3. The quantitative estimate of drug-likeness (QED) is 0.758. The van der Waals surface area contributed by atoms with Crippen molar-refractivity contribution in [3.05, 3.63) is 0 Å². The summed E-state index contributed by atoms with van der Waals surface area (Å²) >= 11 is 0. The van der Waals surface area contributed by atoms with E-state index in [1.807, 2.05) is 0 Å². The molecule has 1 rings (SSSR count). The summed E-state index contributed by atoms with van der Waals surface area (Å²) in [6.45, 7) is 7.04. The average Bonchev–Trinajstić information content (AvgIpc) is 2.14. The highest BCUT2D eigenvalue weighted by atomic mass is 19.1. The molecule has 4 nitrogen and oxygen atoms in total. The van der Waals surface area contributed by atoms with E-state index < -0.39 is 17.9 Å². The first-order valence-electron chi connectivity index (χ1n) is 5.70. The lowest BCUT2D eigenvalue weighted by molar-refractivity contribution is 0.0503. The van der Waals surface area contributed by atoms with Crippen LogP contribution in [-0.2, 0) is 4.74 Å². The van der Waals surface area contributed by atoms with Gasteiger partial charge in [0.05, 0.1) is 0 Å². The SMILES string of the molecule is CC(C)(C)OC(=O)NCC1CNCCC1F. The summed E-state index contributed by atoms with van der Waals surface area (Å²) in [6, 6.07) is 0. The molecular weight excluding hydrogens is 211 g/mol. The standard InChI is InChI=1S/C11H21FN2O2/c1-11(2,3)16-10(15)14-7-8-6-13-5-4-9(8)12/h8-9,13H,4-7H2,1-3H3,(H,14,15). The maximum Gasteiger partial charge on any atom is 0.407 e. The Kier molecular flexibility index (Phi) is 4.53. The van der Waals surface area contributed by atoms with Crippen LogP contribution in [0.2, 0.25) is 0 Å². The predicted octanol–water partition coefficient (Wildman–Crippen LogP) is 1.46. The number of carbonyl (C=O) groups excluding carboxylic acids is 1. The second-order valence-corrected chi connectivity index (χ2v) is 5.15. The van der Waals surface area contributed by atoms with E-state index in [1.54, 1.807) is 20.8 Å². The van der Waals surface area contributed by atoms with Gasteiger partial charge in [-0.05, 0) is 33.7 Å². The van der Waals surface area contributed by atoms with Crippen LogP contribution >= 0.6 is 0 Å². The van der Waals surface area contributed by atoms with Gasteiger partial charge < -0.3 is 15.4 Å². The monoisotopic (exact) mass is 232 g/mol. The van der Waals surface area contributed by atoms with Gasteiger partial charge in [0.25, 0.3) is 0 Å². The topological polar surface area (TPSA) is 50.4 Å². The van der Waals surface area contributed by atoms with Gasteiger partial charge in [0.2, 0.25) is 0 Å². The molecule has 0 aromatic carbocycles. The van der Waals surface area contributed by atoms with Gasteiger partial charge >= 0.3 is 6.09 Å². The minimum atomic E-state index is -0.837. The number of amides is 1. The minimum Gasteiger partial charge on any atom is -0.444 e. The van der Waals surface area contributed by atoms with Gasteiger partial charge in [0.1, 0.15) is 11.8 Å². The second-order valence-electron chi connectivity index (χ2n) is 5.15. The Hall–Kier alpha value is -0.840. The van der Waals surface area contributed by atoms with Gasteiger partial charge in [0, 0.05) is 19.0 Å². The van der Waals surface area contributed by atoms with Crippen LogP contribution in [0.3, 0.4) is 0 Å². The number of nitrogens with one attached hydrogen (secondary N) is 2. The first-order valence-corrected chi connectivity index (χ1v) is 5.70. The van der Waals surface area contributed by atoms with E-state index >= 15 is 0 Å². The van der Waals surface area contributed by atoms with E-state index in [1.165, 1.54) is 0 Å². The molecule has 1 fully saturated rings. The lowest BCUT2D eigenvalue weighted by Gasteiger charge is -2.27. The third-order valence-corrected chi connectivity index (χ3v) is 2.42. The molecule has 0 aromatic rings. The number of alkyl carbamates (subject to hydrolysis) is 1. The van der Waals surface area contributed by atoms with Crippen molar-refractivity contribution >= 4 is 6.09 Å². The fraction of sp³-hybridized carbons (Fsp3) is 0.909. The molecule has 16 heavy (non-hydrogen) atoms. The zero-order chi connectivity index (χ0) is 12.2. The molecule has 0 bridgehead atoms. The Balaban J connectivity index is 2.25. The summed E-state index contributed by atoms with van der Waals surface area (Å²) in [5.41, 5.74) is -0.510. The molecule has 2 unspecified atom stereocenters. The lowest BCUT2D eigenvalue weighted by atomic mass is 9.97. The summed E-state index contributed by atoms with van der Waals surface area (Å²) in [5, 5.41) is 5.70. The molecule has 0 aromatic heterocycles. The summed E-state index contributed by atoms with van der Waals surface area (Å²) in [5.74, 6) is -0.152. The number of hydrogen-bond donors (Lipinski definition) is 2. The number of ether oxygens (including phenoxy) is 1. The van der Waals surface area contributed by atoms with E-state index in [0.717, 1.165) is 0 Å². The van der Waals surface area contributed by atoms with Crippen LogP contribution in [0.1, 0.15) is 27.2 Å². The van der Waals surface area contributed by atoms with Crippen LogP contribution < -0.4 is 10.6 Å². The molecular formula is C11H21FN2O2. The smallest absolute Gasteiger partial charge is 0.407 e. The molecule has 0 aliphatic carbocycles. The second kappa shape index (κ2) is 5.48. The fourth-order valence-electron chi connectivity index (χ4n) is 1.62. The Morgan fingerprint density at radius 1 is 1.56 bits per heavy atom. The van der Waals surface area contributed by atoms with E-state index in [4.69, 9.17) is 4.74 Å². The van der Waals surface area contributed by atoms with Crippen LogP contribution in [0, 0.1) is 5.92 Å². The maximum atomic E-state index is 13.4. The highest BCUT2D eigenvalue weighted by Gasteiger charge is 2.25. The molecule has 0 spiro atoms. The van der Waals surface area contributed by atoms with E-state index in [9.17, 15) is 9.18 Å². The molecule has 1 aliphatic heterocycles. The zero-order valence-corrected chi connectivity index (χ0v) is 10.2. The average molecular weight is 232 g/mol. The molecule has 1 heterocycles. The van der Waals surface area contributed by atoms with E-state index in [0.29, 0.717) is 26.1 Å². The van der Waals surface area contributed by atoms with Crippen LogP contribution in [0.15, 0.2) is 0 Å². The number of rotatable bonds is 2. The van der Waals surface area contributed by atoms with Crippen molar-refractivity contribution in [2.75, 3.05) is 19.6 Å². The molecule has 0 saturated carbocycles. The van der Waals surface area contributed by atoms with Crippen molar-refractivity contribution in [1.82, 2.24) is 10.6 Å². The van der Waals surface area contributed by atoms with Crippen molar-refractivity contribution in [2.24, 2.45) is 5.92 Å². The molecule has 2 N–H and O–H groups in total. The molecule has 2 atom stereocenters. The van der Waals surface area contributed by atoms with Crippen molar-refractivity contribution in [2.45, 2.75) is 39.0 Å². The van der Waals surface area contributed by atoms with Crippen molar-refractivity contribution in [1.29, 1.82) is 0 Å². The highest BCUT2D eigenvalue weighted by Crippen LogP contribution is 2.14. The summed E-state index contributed by atoms with van der Waals surface area (Å²) in [6.07, 6.45) is -0.804. The Labute approximate surface area is 95.9 Å². The van der Waals surface area contributed by atoms with Gasteiger partial charge in [0.15, 0.2) is 0 Å². The zero-order valence-electron chi connectivity index (χ0n) is 10.2. The van der Waals surface area contributed by atoms with Crippen LogP contribution in [0.4, 0.5) is 9.18 Å². The predicted molar refractivity (Wildman–Crippen MR) is 60.1 cm³/mol. The molecule has 1 aliphatic rings. The third-order valence-electron chi connectivity index (χ3n) is 2.42. The van der Waals surface area contributed by atoms with Crippen molar-refractivity contribution in [3.8, 4) is 0 Å². The van der Waals surface area contributed by atoms with E-state index in [-0.39, 0.29) is 5.92 Å². The summed E-state index contributed by atoms with van der Waals surface area (Å²) in [7, 11) is 0. The normalized spacial score (nSPS) is 26.2. The van der Waals surface area contributed by atoms with Crippen LogP contribution in [0.25, 0.3) is 0 Å². The minimum absolute atomic E-state index is 0.152. The van der Waals surface area contributed by atoms with Gasteiger partial charge in [-0.15, -0.1) is 0 Å². The number of piperidine rings is 1. The molecule has 0 radical (unpaired) electrons. The lowest BCUT2D eigenvalue weighted by Crippen LogP contribution is -2.45. The summed E-state index contributed by atoms with van der Waals surface area (Å²) in [4.78, 5) is 11.3. The van der Waals surface area contributed by atoms with Gasteiger partial charge in [-0.3, -0.25) is 0 Å². The number of halogens is 1. The van der Waals surface area contributed by atoms with Crippen LogP contribution in [-0.4, -0.2) is 37.5 Å². The number of alkyl halides is 1.